The standard InChI is InChI=1S/C35H28.C28H25OP.C10H13N/c1-3-12-24-13-4-5-14-25(24)33-23(2)21-22-32-34(33)28-17-8-11-20-31(28)35(32)29-18-9-6-15-26(29)27-16-7-10-19-30(27)35;1-20-11-13-21(14-12-20)17-18-30(2)23-15-16-25-26-10-6-9-24(22-7-4-3-5-8-22)28(26)29-27(25)19-23;1-2-6-10(11)9-7-4-3-5-8-9/h4-11,13-22H,3,12H2,1-2H3;3-16,19H,17-18H2,1-2H3;3-5,7-8,11H,2,6H2,1H3. The van der Waals surface area contributed by atoms with Crippen LogP contribution in [0.1, 0.15) is 83.2 Å². The molecule has 0 bridgehead atoms. The molecule has 374 valence electrons. The third kappa shape index (κ3) is 9.35. The van der Waals surface area contributed by atoms with Crippen LogP contribution in [0.15, 0.2) is 235 Å². The quantitative estimate of drug-likeness (QED) is 0.102. The second-order valence-corrected chi connectivity index (χ2v) is 22.9. The number of hydrogen-bond acceptors (Lipinski definition) is 2. The van der Waals surface area contributed by atoms with Crippen molar-refractivity contribution >= 4 is 40.9 Å². The highest BCUT2D eigenvalue weighted by atomic mass is 31.1. The van der Waals surface area contributed by atoms with E-state index in [1.807, 2.05) is 30.3 Å². The van der Waals surface area contributed by atoms with Gasteiger partial charge in [0.05, 0.1) is 5.41 Å². The van der Waals surface area contributed by atoms with E-state index in [2.05, 4.69) is 235 Å². The molecule has 3 heteroatoms. The van der Waals surface area contributed by atoms with Crippen molar-refractivity contribution in [3.05, 3.63) is 281 Å². The molecular weight excluding hydrogens is 938 g/mol. The van der Waals surface area contributed by atoms with Crippen LogP contribution < -0.4 is 5.30 Å². The molecular formula is C73H66NOP. The molecule has 1 N–H and O–H groups in total. The van der Waals surface area contributed by atoms with Gasteiger partial charge in [-0.3, -0.25) is 0 Å². The van der Waals surface area contributed by atoms with E-state index in [1.165, 1.54) is 106 Å². The van der Waals surface area contributed by atoms with Crippen molar-refractivity contribution in [2.45, 2.75) is 65.2 Å². The number of nitrogens with one attached hydrogen (secondary N) is 1. The number of hydrogen-bond donors (Lipinski definition) is 1. The number of furan rings is 1. The Labute approximate surface area is 451 Å². The smallest absolute Gasteiger partial charge is 0.143 e. The first-order chi connectivity index (χ1) is 37.3. The Morgan fingerprint density at radius 3 is 1.75 bits per heavy atom. The average molecular weight is 1000 g/mol. The Kier molecular flexibility index (Phi) is 14.6. The molecule has 1 heterocycles. The highest BCUT2D eigenvalue weighted by Crippen LogP contribution is 2.64. The van der Waals surface area contributed by atoms with E-state index in [4.69, 9.17) is 9.83 Å². The van der Waals surface area contributed by atoms with Gasteiger partial charge in [-0.2, -0.15) is 0 Å². The summed E-state index contributed by atoms with van der Waals surface area (Å²) in [6.07, 6.45) is 6.49. The minimum Gasteiger partial charge on any atom is -0.455 e. The van der Waals surface area contributed by atoms with Crippen LogP contribution in [0.5, 0.6) is 0 Å². The zero-order chi connectivity index (χ0) is 52.2. The van der Waals surface area contributed by atoms with Crippen LogP contribution in [-0.4, -0.2) is 18.5 Å². The third-order valence-electron chi connectivity index (χ3n) is 15.7. The largest absolute Gasteiger partial charge is 0.455 e. The molecule has 1 unspecified atom stereocenters. The van der Waals surface area contributed by atoms with E-state index in [9.17, 15) is 0 Å². The fraction of sp³-hybridized carbons (Fsp3) is 0.164. The lowest BCUT2D eigenvalue weighted by atomic mass is 9.70. The zero-order valence-electron chi connectivity index (χ0n) is 44.5. The SMILES string of the molecule is CCCC(=N)c1ccccc1.CCCc1ccccc1-c1c(C)ccc2c1-c1ccccc1C21c2ccccc2-c2ccccc21.Cc1ccc(CCP(C)c2ccc3c(c2)oc2c(-c4ccccc4)cccc23)cc1. The van der Waals surface area contributed by atoms with Gasteiger partial charge in [-0.15, -0.1) is 0 Å². The van der Waals surface area contributed by atoms with Crippen LogP contribution in [0.4, 0.5) is 0 Å². The van der Waals surface area contributed by atoms with E-state index >= 15 is 0 Å². The van der Waals surface area contributed by atoms with Crippen LogP contribution in [0.2, 0.25) is 0 Å². The van der Waals surface area contributed by atoms with E-state index in [-0.39, 0.29) is 13.3 Å². The molecule has 2 aliphatic rings. The molecule has 0 amide bonds. The molecule has 1 aromatic heterocycles. The van der Waals surface area contributed by atoms with Crippen molar-refractivity contribution in [1.29, 1.82) is 5.41 Å². The molecule has 0 saturated heterocycles. The Bertz CT molecular complexity index is 3800. The zero-order valence-corrected chi connectivity index (χ0v) is 45.4. The van der Waals surface area contributed by atoms with E-state index in [0.717, 1.165) is 60.1 Å². The monoisotopic (exact) mass is 1000 g/mol. The average Bonchev–Trinajstić information content (AvgIpc) is 4.15. The summed E-state index contributed by atoms with van der Waals surface area (Å²) >= 11 is 0. The van der Waals surface area contributed by atoms with Gasteiger partial charge in [0.25, 0.3) is 0 Å². The van der Waals surface area contributed by atoms with E-state index in [0.29, 0.717) is 0 Å². The van der Waals surface area contributed by atoms with Crippen molar-refractivity contribution in [2.24, 2.45) is 0 Å². The number of aryl methyl sites for hydroxylation is 4. The predicted molar refractivity (Wildman–Crippen MR) is 326 cm³/mol. The maximum absolute atomic E-state index is 7.63. The van der Waals surface area contributed by atoms with Crippen molar-refractivity contribution < 1.29 is 4.42 Å². The lowest BCUT2D eigenvalue weighted by Gasteiger charge is -2.30. The summed E-state index contributed by atoms with van der Waals surface area (Å²) in [6.45, 7) is 11.2. The van der Waals surface area contributed by atoms with Crippen LogP contribution in [0.25, 0.3) is 66.4 Å². The van der Waals surface area contributed by atoms with Crippen molar-refractivity contribution in [3.63, 3.8) is 0 Å². The van der Waals surface area contributed by atoms with Gasteiger partial charge in [-0.1, -0.05) is 259 Å². The highest BCUT2D eigenvalue weighted by molar-refractivity contribution is 7.64. The van der Waals surface area contributed by atoms with Crippen LogP contribution in [-0.2, 0) is 18.3 Å². The molecule has 76 heavy (non-hydrogen) atoms. The Morgan fingerprint density at radius 2 is 1.08 bits per heavy atom. The lowest BCUT2D eigenvalue weighted by molar-refractivity contribution is 0.670. The molecule has 0 saturated carbocycles. The molecule has 2 nitrogen and oxygen atoms in total. The van der Waals surface area contributed by atoms with Crippen LogP contribution in [0, 0.1) is 19.3 Å². The first-order valence-corrected chi connectivity index (χ1v) is 29.2. The van der Waals surface area contributed by atoms with Gasteiger partial charge in [0.2, 0.25) is 0 Å². The molecule has 10 aromatic carbocycles. The van der Waals surface area contributed by atoms with Crippen molar-refractivity contribution in [2.75, 3.05) is 12.8 Å². The second-order valence-electron chi connectivity index (χ2n) is 20.6. The summed E-state index contributed by atoms with van der Waals surface area (Å²) in [5.41, 5.74) is 25.3. The van der Waals surface area contributed by atoms with Gasteiger partial charge in [-0.25, -0.2) is 0 Å². The maximum atomic E-state index is 7.63. The van der Waals surface area contributed by atoms with Crippen LogP contribution in [0.3, 0.4) is 0 Å². The van der Waals surface area contributed by atoms with Gasteiger partial charge in [0, 0.05) is 22.0 Å². The molecule has 1 spiro atoms. The van der Waals surface area contributed by atoms with E-state index in [1.54, 1.807) is 0 Å². The number of fused-ring (bicyclic) bond motifs is 13. The maximum Gasteiger partial charge on any atom is 0.143 e. The first kappa shape index (κ1) is 50.3. The minimum atomic E-state index is -0.277. The van der Waals surface area contributed by atoms with Gasteiger partial charge in [-0.05, 0) is 147 Å². The topological polar surface area (TPSA) is 37.0 Å². The summed E-state index contributed by atoms with van der Waals surface area (Å²) in [5.74, 6) is 0. The highest BCUT2D eigenvalue weighted by Gasteiger charge is 2.52. The molecule has 0 aliphatic heterocycles. The summed E-state index contributed by atoms with van der Waals surface area (Å²) in [5, 5.41) is 11.4. The van der Waals surface area contributed by atoms with Gasteiger partial charge in [0.15, 0.2) is 0 Å². The lowest BCUT2D eigenvalue weighted by Crippen LogP contribution is -2.25. The second kappa shape index (κ2) is 22.1. The number of benzene rings is 10. The molecule has 1 atom stereocenters. The summed E-state index contributed by atoms with van der Waals surface area (Å²) < 4.78 is 6.42. The van der Waals surface area contributed by atoms with Crippen LogP contribution >= 0.6 is 7.92 Å². The molecule has 0 radical (unpaired) electrons. The molecule has 2 aliphatic carbocycles. The van der Waals surface area contributed by atoms with Gasteiger partial charge in [0.1, 0.15) is 11.2 Å². The summed E-state index contributed by atoms with van der Waals surface area (Å²) in [6, 6.07) is 83.6. The summed E-state index contributed by atoms with van der Waals surface area (Å²) in [4.78, 5) is 0. The Hall–Kier alpha value is -7.90. The third-order valence-corrected chi connectivity index (χ3v) is 17.7. The fourth-order valence-corrected chi connectivity index (χ4v) is 13.5. The van der Waals surface area contributed by atoms with E-state index < -0.39 is 0 Å². The molecule has 11 aromatic rings. The summed E-state index contributed by atoms with van der Waals surface area (Å²) in [7, 11) is -0.221. The minimum absolute atomic E-state index is 0.221. The number of para-hydroxylation sites is 1. The van der Waals surface area contributed by atoms with Crippen molar-refractivity contribution in [1.82, 2.24) is 0 Å². The normalized spacial score (nSPS) is 12.7. The fourth-order valence-electron chi connectivity index (χ4n) is 12.0. The Balaban J connectivity index is 0.000000137. The molecule has 0 fully saturated rings. The number of rotatable bonds is 11. The predicted octanol–water partition coefficient (Wildman–Crippen LogP) is 19.4. The first-order valence-electron chi connectivity index (χ1n) is 27.2. The Morgan fingerprint density at radius 1 is 0.487 bits per heavy atom. The van der Waals surface area contributed by atoms with Crippen molar-refractivity contribution in [3.8, 4) is 44.5 Å². The van der Waals surface area contributed by atoms with Gasteiger partial charge < -0.3 is 9.83 Å². The molecule has 13 rings (SSSR count). The van der Waals surface area contributed by atoms with Gasteiger partial charge >= 0.3 is 0 Å².